The molecule has 1 aliphatic heterocycles. The lowest BCUT2D eigenvalue weighted by Crippen LogP contribution is -2.27. The van der Waals surface area contributed by atoms with Crippen molar-refractivity contribution in [2.24, 2.45) is 0 Å². The van der Waals surface area contributed by atoms with Gasteiger partial charge in [0.05, 0.1) is 10.6 Å². The van der Waals surface area contributed by atoms with E-state index in [0.29, 0.717) is 15.6 Å². The molecule has 0 spiro atoms. The van der Waals surface area contributed by atoms with Crippen molar-refractivity contribution >= 4 is 46.3 Å². The summed E-state index contributed by atoms with van der Waals surface area (Å²) in [5.41, 5.74) is 4.47. The molecule has 0 aliphatic carbocycles. The maximum Gasteiger partial charge on any atom is 0.298 e. The van der Waals surface area contributed by atoms with Crippen LogP contribution >= 0.6 is 23.4 Å². The lowest BCUT2D eigenvalue weighted by molar-refractivity contribution is -0.113. The lowest BCUT2D eigenvalue weighted by Gasteiger charge is -2.12. The minimum atomic E-state index is -0.333. The zero-order valence-electron chi connectivity index (χ0n) is 16.1. The van der Waals surface area contributed by atoms with E-state index in [1.807, 2.05) is 43.5 Å². The molecule has 29 heavy (non-hydrogen) atoms. The minimum Gasteiger partial charge on any atom is -0.303 e. The summed E-state index contributed by atoms with van der Waals surface area (Å²) in [6, 6.07) is 12.6. The minimum absolute atomic E-state index is 0.322. The van der Waals surface area contributed by atoms with Crippen molar-refractivity contribution in [1.82, 2.24) is 9.55 Å². The molecule has 0 bridgehead atoms. The summed E-state index contributed by atoms with van der Waals surface area (Å²) in [5, 5.41) is 0.228. The molecule has 0 unspecified atom stereocenters. The summed E-state index contributed by atoms with van der Waals surface area (Å²) in [6.45, 7) is 5.99. The largest absolute Gasteiger partial charge is 0.303 e. The number of aryl methyl sites for hydroxylation is 2. The Morgan fingerprint density at radius 2 is 1.76 bits per heavy atom. The number of halogens is 1. The monoisotopic (exact) mass is 423 g/mol. The molecule has 1 fully saturated rings. The van der Waals surface area contributed by atoms with Gasteiger partial charge < -0.3 is 4.57 Å². The molecule has 7 heteroatoms. The molecule has 3 heterocycles. The fraction of sp³-hybridized carbons (Fsp3) is 0.136. The second-order valence-electron chi connectivity index (χ2n) is 6.85. The highest BCUT2D eigenvalue weighted by Gasteiger charge is 2.36. The Hall–Kier alpha value is -2.83. The van der Waals surface area contributed by atoms with E-state index < -0.39 is 0 Å². The normalized spacial score (nSPS) is 15.6. The van der Waals surface area contributed by atoms with Crippen LogP contribution in [0.25, 0.3) is 11.9 Å². The van der Waals surface area contributed by atoms with Gasteiger partial charge in [-0.15, -0.1) is 0 Å². The summed E-state index contributed by atoms with van der Waals surface area (Å²) in [5.74, 6) is 0.495. The van der Waals surface area contributed by atoms with Crippen molar-refractivity contribution in [3.05, 3.63) is 81.1 Å². The van der Waals surface area contributed by atoms with Gasteiger partial charge in [0.15, 0.2) is 0 Å². The first kappa shape index (κ1) is 19.5. The first-order chi connectivity index (χ1) is 13.8. The van der Waals surface area contributed by atoms with E-state index in [9.17, 15) is 9.59 Å². The van der Waals surface area contributed by atoms with Crippen LogP contribution in [0.5, 0.6) is 0 Å². The smallest absolute Gasteiger partial charge is 0.298 e. The second-order valence-corrected chi connectivity index (χ2v) is 8.28. The number of hydrogen-bond acceptors (Lipinski definition) is 4. The third-order valence-electron chi connectivity index (χ3n) is 4.77. The van der Waals surface area contributed by atoms with Crippen LogP contribution in [0.2, 0.25) is 5.02 Å². The van der Waals surface area contributed by atoms with Crippen molar-refractivity contribution in [1.29, 1.82) is 0 Å². The van der Waals surface area contributed by atoms with Crippen molar-refractivity contribution in [2.75, 3.05) is 4.90 Å². The van der Waals surface area contributed by atoms with Crippen LogP contribution in [0.1, 0.15) is 22.5 Å². The molecular formula is C22H18ClN3O2S. The first-order valence-corrected chi connectivity index (χ1v) is 10.2. The van der Waals surface area contributed by atoms with E-state index >= 15 is 0 Å². The van der Waals surface area contributed by atoms with Gasteiger partial charge in [-0.3, -0.25) is 9.59 Å². The number of aromatic nitrogens is 2. The maximum absolute atomic E-state index is 12.9. The number of benzene rings is 1. The van der Waals surface area contributed by atoms with Crippen LogP contribution in [-0.2, 0) is 4.79 Å². The number of carbonyl (C=O) groups excluding carboxylic acids is 2. The van der Waals surface area contributed by atoms with Crippen LogP contribution in [0.4, 0.5) is 10.5 Å². The highest BCUT2D eigenvalue weighted by molar-refractivity contribution is 8.19. The number of imide groups is 1. The first-order valence-electron chi connectivity index (χ1n) is 9.00. The fourth-order valence-electron chi connectivity index (χ4n) is 3.35. The van der Waals surface area contributed by atoms with Crippen LogP contribution in [-0.4, -0.2) is 20.7 Å². The van der Waals surface area contributed by atoms with Crippen LogP contribution in [0.15, 0.2) is 53.6 Å². The van der Waals surface area contributed by atoms with Crippen LogP contribution in [0, 0.1) is 20.8 Å². The highest BCUT2D eigenvalue weighted by Crippen LogP contribution is 2.36. The van der Waals surface area contributed by atoms with Crippen molar-refractivity contribution < 1.29 is 9.59 Å². The Labute approximate surface area is 178 Å². The molecule has 0 saturated carbocycles. The van der Waals surface area contributed by atoms with E-state index in [1.165, 1.54) is 4.90 Å². The summed E-state index contributed by atoms with van der Waals surface area (Å²) >= 11 is 6.85. The van der Waals surface area contributed by atoms with Crippen LogP contribution < -0.4 is 4.90 Å². The average Bonchev–Trinajstić information content (AvgIpc) is 3.11. The summed E-state index contributed by atoms with van der Waals surface area (Å²) in [6.07, 6.45) is 3.55. The Morgan fingerprint density at radius 3 is 2.45 bits per heavy atom. The molecule has 0 atom stereocenters. The molecule has 0 N–H and O–H groups in total. The standard InChI is InChI=1S/C22H18ClN3O2S/c1-13-8-9-24-20(10-13)25-14(2)11-16(15(25)3)12-19-21(27)26(22(28)29-19)18-6-4-17(23)5-7-18/h4-12H,1-3H3/b19-12+. The molecule has 1 saturated heterocycles. The highest BCUT2D eigenvalue weighted by atomic mass is 35.5. The van der Waals surface area contributed by atoms with E-state index in [2.05, 4.69) is 4.98 Å². The molecule has 2 amide bonds. The number of pyridine rings is 1. The summed E-state index contributed by atoms with van der Waals surface area (Å²) in [7, 11) is 0. The van der Waals surface area contributed by atoms with E-state index in [1.54, 1.807) is 36.5 Å². The van der Waals surface area contributed by atoms with E-state index in [-0.39, 0.29) is 11.1 Å². The van der Waals surface area contributed by atoms with Crippen molar-refractivity contribution in [3.8, 4) is 5.82 Å². The van der Waals surface area contributed by atoms with Crippen LogP contribution in [0.3, 0.4) is 0 Å². The molecule has 1 aromatic carbocycles. The number of thioether (sulfide) groups is 1. The molecule has 4 rings (SSSR count). The summed E-state index contributed by atoms with van der Waals surface area (Å²) < 4.78 is 2.04. The number of amides is 2. The summed E-state index contributed by atoms with van der Waals surface area (Å²) in [4.78, 5) is 31.4. The van der Waals surface area contributed by atoms with Gasteiger partial charge in [0, 0.05) is 22.6 Å². The van der Waals surface area contributed by atoms with Gasteiger partial charge in [-0.05, 0) is 92.2 Å². The molecule has 3 aromatic rings. The van der Waals surface area contributed by atoms with E-state index in [4.69, 9.17) is 11.6 Å². The van der Waals surface area contributed by atoms with Gasteiger partial charge in [0.2, 0.25) is 0 Å². The van der Waals surface area contributed by atoms with Gasteiger partial charge in [-0.2, -0.15) is 0 Å². The van der Waals surface area contributed by atoms with Crippen molar-refractivity contribution in [3.63, 3.8) is 0 Å². The number of hydrogen-bond donors (Lipinski definition) is 0. The third kappa shape index (κ3) is 3.61. The SMILES string of the molecule is Cc1ccnc(-n2c(C)cc(/C=C3/SC(=O)N(c4ccc(Cl)cc4)C3=O)c2C)c1. The molecule has 1 aliphatic rings. The Morgan fingerprint density at radius 1 is 1.03 bits per heavy atom. The second kappa shape index (κ2) is 7.54. The molecule has 5 nitrogen and oxygen atoms in total. The van der Waals surface area contributed by atoms with Gasteiger partial charge in [-0.25, -0.2) is 9.88 Å². The predicted octanol–water partition coefficient (Wildman–Crippen LogP) is 5.69. The Bertz CT molecular complexity index is 1170. The third-order valence-corrected chi connectivity index (χ3v) is 5.89. The zero-order valence-corrected chi connectivity index (χ0v) is 17.7. The van der Waals surface area contributed by atoms with Crippen molar-refractivity contribution in [2.45, 2.75) is 20.8 Å². The molecule has 0 radical (unpaired) electrons. The number of nitrogens with zero attached hydrogens (tertiary/aromatic N) is 3. The number of anilines is 1. The number of carbonyl (C=O) groups is 2. The average molecular weight is 424 g/mol. The van der Waals surface area contributed by atoms with Gasteiger partial charge in [0.1, 0.15) is 5.82 Å². The number of rotatable bonds is 3. The topological polar surface area (TPSA) is 55.2 Å². The molecular weight excluding hydrogens is 406 g/mol. The molecule has 2 aromatic heterocycles. The van der Waals surface area contributed by atoms with Gasteiger partial charge >= 0.3 is 0 Å². The Balaban J connectivity index is 1.70. The predicted molar refractivity (Wildman–Crippen MR) is 118 cm³/mol. The lowest BCUT2D eigenvalue weighted by atomic mass is 10.2. The Kier molecular flexibility index (Phi) is 5.06. The molecule has 146 valence electrons. The maximum atomic E-state index is 12.9. The van der Waals surface area contributed by atoms with Gasteiger partial charge in [-0.1, -0.05) is 11.6 Å². The zero-order chi connectivity index (χ0) is 20.7. The quantitative estimate of drug-likeness (QED) is 0.507. The fourth-order valence-corrected chi connectivity index (χ4v) is 4.31. The van der Waals surface area contributed by atoms with E-state index in [0.717, 1.165) is 40.1 Å². The van der Waals surface area contributed by atoms with Gasteiger partial charge in [0.25, 0.3) is 11.1 Å².